The molecule has 6 nitrogen and oxygen atoms in total. The molecule has 2 fully saturated rings. The summed E-state index contributed by atoms with van der Waals surface area (Å²) in [6, 6.07) is 5.27. The summed E-state index contributed by atoms with van der Waals surface area (Å²) < 4.78 is 40.7. The number of nitrogens with one attached hydrogen (secondary N) is 1. The van der Waals surface area contributed by atoms with Crippen LogP contribution in [0.25, 0.3) is 5.69 Å². The second kappa shape index (κ2) is 8.90. The maximum absolute atomic E-state index is 13.1. The van der Waals surface area contributed by atoms with Crippen molar-refractivity contribution in [2.24, 2.45) is 0 Å². The molecule has 2 aliphatic heterocycles. The fourth-order valence-electron chi connectivity index (χ4n) is 4.56. The number of alkyl halides is 3. The van der Waals surface area contributed by atoms with E-state index in [1.54, 1.807) is 6.07 Å². The molecule has 168 valence electrons. The summed E-state index contributed by atoms with van der Waals surface area (Å²) in [4.78, 5) is 17.2. The summed E-state index contributed by atoms with van der Waals surface area (Å²) in [6.45, 7) is 5.50. The first-order valence-corrected chi connectivity index (χ1v) is 10.9. The highest BCUT2D eigenvalue weighted by atomic mass is 19.4. The molecule has 2 aromatic rings. The molecule has 9 heteroatoms. The quantitative estimate of drug-likeness (QED) is 0.767. The van der Waals surface area contributed by atoms with Gasteiger partial charge in [-0.15, -0.1) is 0 Å². The lowest BCUT2D eigenvalue weighted by Gasteiger charge is -2.32. The third-order valence-corrected chi connectivity index (χ3v) is 6.22. The summed E-state index contributed by atoms with van der Waals surface area (Å²) >= 11 is 0. The van der Waals surface area contributed by atoms with Gasteiger partial charge in [0.1, 0.15) is 0 Å². The van der Waals surface area contributed by atoms with Gasteiger partial charge in [0.25, 0.3) is 0 Å². The number of hydrogen-bond donors (Lipinski definition) is 1. The molecule has 1 atom stereocenters. The van der Waals surface area contributed by atoms with Gasteiger partial charge in [-0.25, -0.2) is 9.48 Å². The number of urea groups is 1. The molecule has 0 radical (unpaired) electrons. The molecule has 3 heterocycles. The Bertz CT molecular complexity index is 920. The van der Waals surface area contributed by atoms with Crippen LogP contribution in [0.3, 0.4) is 0 Å². The Morgan fingerprint density at radius 2 is 1.97 bits per heavy atom. The van der Waals surface area contributed by atoms with Crippen LogP contribution in [0.1, 0.15) is 43.9 Å². The molecule has 0 bridgehead atoms. The summed E-state index contributed by atoms with van der Waals surface area (Å²) in [5.41, 5.74) is 0.790. The molecule has 0 saturated carbocycles. The minimum atomic E-state index is -4.42. The maximum atomic E-state index is 13.1. The predicted molar refractivity (Wildman–Crippen MR) is 112 cm³/mol. The number of likely N-dealkylation sites (tertiary alicyclic amines) is 2. The zero-order valence-electron chi connectivity index (χ0n) is 17.7. The van der Waals surface area contributed by atoms with Gasteiger partial charge in [0.15, 0.2) is 0 Å². The van der Waals surface area contributed by atoms with Gasteiger partial charge in [0.2, 0.25) is 0 Å². The minimum absolute atomic E-state index is 0.183. The van der Waals surface area contributed by atoms with Crippen molar-refractivity contribution in [3.05, 3.63) is 41.7 Å². The minimum Gasteiger partial charge on any atom is -0.323 e. The Morgan fingerprint density at radius 1 is 1.19 bits per heavy atom. The monoisotopic (exact) mass is 435 g/mol. The van der Waals surface area contributed by atoms with Gasteiger partial charge in [-0.1, -0.05) is 19.4 Å². The first-order valence-electron chi connectivity index (χ1n) is 10.9. The lowest BCUT2D eigenvalue weighted by atomic mass is 10.1. The zero-order chi connectivity index (χ0) is 22.0. The number of anilines is 1. The van der Waals surface area contributed by atoms with E-state index in [4.69, 9.17) is 0 Å². The fourth-order valence-corrected chi connectivity index (χ4v) is 4.56. The van der Waals surface area contributed by atoms with E-state index in [0.29, 0.717) is 42.6 Å². The first kappa shape index (κ1) is 21.7. The molecular weight excluding hydrogens is 407 g/mol. The number of piperidine rings is 1. The largest absolute Gasteiger partial charge is 0.416 e. The highest BCUT2D eigenvalue weighted by Gasteiger charge is 2.32. The van der Waals surface area contributed by atoms with Crippen LogP contribution < -0.4 is 5.32 Å². The van der Waals surface area contributed by atoms with Crippen LogP contribution in [0.5, 0.6) is 0 Å². The standard InChI is InChI=1S/C22H28F3N5O/c1-2-20-19(14-26-30(20)17-8-6-7-16(13-17)22(23,24)25)27-21(31)29-12-9-18(15-29)28-10-4-3-5-11-28/h6-8,13-14,18H,2-5,9-12,15H2,1H3,(H,27,31). The lowest BCUT2D eigenvalue weighted by molar-refractivity contribution is -0.137. The SMILES string of the molecule is CCc1c(NC(=O)N2CCC(N3CCCCC3)C2)cnn1-c1cccc(C(F)(F)F)c1. The Balaban J connectivity index is 1.46. The number of hydrogen-bond acceptors (Lipinski definition) is 3. The third-order valence-electron chi connectivity index (χ3n) is 6.22. The number of amides is 2. The Morgan fingerprint density at radius 3 is 2.68 bits per heavy atom. The summed E-state index contributed by atoms with van der Waals surface area (Å²) in [7, 11) is 0. The Hall–Kier alpha value is -2.55. The number of carbonyl (C=O) groups is 1. The van der Waals surface area contributed by atoms with Crippen molar-refractivity contribution in [2.45, 2.75) is 51.2 Å². The van der Waals surface area contributed by atoms with Gasteiger partial charge < -0.3 is 10.2 Å². The van der Waals surface area contributed by atoms with Crippen LogP contribution in [0, 0.1) is 0 Å². The highest BCUT2D eigenvalue weighted by Crippen LogP contribution is 2.31. The molecule has 2 saturated heterocycles. The molecule has 4 rings (SSSR count). The van der Waals surface area contributed by atoms with Crippen molar-refractivity contribution in [1.29, 1.82) is 0 Å². The van der Waals surface area contributed by atoms with Crippen LogP contribution in [0.2, 0.25) is 0 Å². The molecule has 0 spiro atoms. The van der Waals surface area contributed by atoms with E-state index in [1.807, 2.05) is 11.8 Å². The molecule has 31 heavy (non-hydrogen) atoms. The number of benzene rings is 1. The zero-order valence-corrected chi connectivity index (χ0v) is 17.7. The topological polar surface area (TPSA) is 53.4 Å². The summed E-state index contributed by atoms with van der Waals surface area (Å²) in [6.07, 6.45) is 2.29. The molecule has 1 aromatic carbocycles. The number of carbonyl (C=O) groups excluding carboxylic acids is 1. The highest BCUT2D eigenvalue weighted by molar-refractivity contribution is 5.90. The van der Waals surface area contributed by atoms with Crippen LogP contribution in [0.4, 0.5) is 23.7 Å². The van der Waals surface area contributed by atoms with Gasteiger partial charge >= 0.3 is 12.2 Å². The normalized spacial score (nSPS) is 20.3. The second-order valence-electron chi connectivity index (χ2n) is 8.23. The molecule has 2 amide bonds. The van der Waals surface area contributed by atoms with E-state index < -0.39 is 11.7 Å². The van der Waals surface area contributed by atoms with Crippen molar-refractivity contribution in [2.75, 3.05) is 31.5 Å². The molecule has 1 N–H and O–H groups in total. The predicted octanol–water partition coefficient (Wildman–Crippen LogP) is 4.55. The van der Waals surface area contributed by atoms with E-state index in [2.05, 4.69) is 15.3 Å². The van der Waals surface area contributed by atoms with E-state index in [0.717, 1.165) is 31.6 Å². The van der Waals surface area contributed by atoms with Crippen LogP contribution >= 0.6 is 0 Å². The van der Waals surface area contributed by atoms with Crippen LogP contribution in [0.15, 0.2) is 30.5 Å². The van der Waals surface area contributed by atoms with E-state index in [-0.39, 0.29) is 6.03 Å². The van der Waals surface area contributed by atoms with Crippen molar-refractivity contribution >= 4 is 11.7 Å². The second-order valence-corrected chi connectivity index (χ2v) is 8.23. The number of rotatable bonds is 4. The number of nitrogens with zero attached hydrogens (tertiary/aromatic N) is 4. The van der Waals surface area contributed by atoms with E-state index in [1.165, 1.54) is 36.2 Å². The lowest BCUT2D eigenvalue weighted by Crippen LogP contribution is -2.42. The third kappa shape index (κ3) is 4.71. The average molecular weight is 435 g/mol. The molecule has 1 aromatic heterocycles. The maximum Gasteiger partial charge on any atom is 0.416 e. The average Bonchev–Trinajstić information content (AvgIpc) is 3.41. The number of aromatic nitrogens is 2. The summed E-state index contributed by atoms with van der Waals surface area (Å²) in [5.74, 6) is 0. The van der Waals surface area contributed by atoms with E-state index >= 15 is 0 Å². The van der Waals surface area contributed by atoms with Crippen LogP contribution in [-0.2, 0) is 12.6 Å². The fraction of sp³-hybridized carbons (Fsp3) is 0.545. The Kier molecular flexibility index (Phi) is 6.22. The molecule has 2 aliphatic rings. The smallest absolute Gasteiger partial charge is 0.323 e. The summed E-state index contributed by atoms with van der Waals surface area (Å²) in [5, 5.41) is 7.18. The van der Waals surface area contributed by atoms with Gasteiger partial charge in [0, 0.05) is 19.1 Å². The number of halogens is 3. The van der Waals surface area contributed by atoms with Crippen molar-refractivity contribution < 1.29 is 18.0 Å². The van der Waals surface area contributed by atoms with Gasteiger partial charge in [-0.3, -0.25) is 4.90 Å². The van der Waals surface area contributed by atoms with Crippen molar-refractivity contribution in [3.8, 4) is 5.69 Å². The van der Waals surface area contributed by atoms with Gasteiger partial charge in [-0.05, 0) is 57.0 Å². The van der Waals surface area contributed by atoms with Crippen LogP contribution in [-0.4, -0.2) is 57.8 Å². The molecule has 1 unspecified atom stereocenters. The molecule has 0 aliphatic carbocycles. The molecular formula is C22H28F3N5O. The van der Waals surface area contributed by atoms with Gasteiger partial charge in [-0.2, -0.15) is 18.3 Å². The Labute approximate surface area is 180 Å². The first-order chi connectivity index (χ1) is 14.9. The van der Waals surface area contributed by atoms with Crippen molar-refractivity contribution in [1.82, 2.24) is 19.6 Å². The van der Waals surface area contributed by atoms with Gasteiger partial charge in [0.05, 0.1) is 28.8 Å². The van der Waals surface area contributed by atoms with Crippen molar-refractivity contribution in [3.63, 3.8) is 0 Å². The van der Waals surface area contributed by atoms with E-state index in [9.17, 15) is 18.0 Å².